The molecule has 0 saturated heterocycles. The van der Waals surface area contributed by atoms with Crippen LogP contribution in [-0.2, 0) is 0 Å². The third-order valence-electron chi connectivity index (χ3n) is 1.71. The van der Waals surface area contributed by atoms with E-state index in [9.17, 15) is 5.11 Å². The van der Waals surface area contributed by atoms with Crippen molar-refractivity contribution in [1.29, 1.82) is 0 Å². The van der Waals surface area contributed by atoms with Crippen molar-refractivity contribution < 1.29 is 5.11 Å². The van der Waals surface area contributed by atoms with Crippen molar-refractivity contribution in [2.45, 2.75) is 0 Å². The fourth-order valence-electron chi connectivity index (χ4n) is 0.995. The first-order valence-corrected chi connectivity index (χ1v) is 4.10. The van der Waals surface area contributed by atoms with Gasteiger partial charge in [0.05, 0.1) is 12.7 Å². The molecule has 7 nitrogen and oxygen atoms in total. The molecule has 0 bridgehead atoms. The summed E-state index contributed by atoms with van der Waals surface area (Å²) >= 11 is 0. The lowest BCUT2D eigenvalue weighted by molar-refractivity contribution is 0.475. The lowest BCUT2D eigenvalue weighted by atomic mass is 10.5. The highest BCUT2D eigenvalue weighted by atomic mass is 16.3. The van der Waals surface area contributed by atoms with Crippen LogP contribution in [0.4, 0.5) is 5.82 Å². The van der Waals surface area contributed by atoms with Gasteiger partial charge in [-0.05, 0) is 0 Å². The summed E-state index contributed by atoms with van der Waals surface area (Å²) in [5, 5.41) is 15.7. The van der Waals surface area contributed by atoms with Crippen molar-refractivity contribution in [3.05, 3.63) is 6.20 Å². The summed E-state index contributed by atoms with van der Waals surface area (Å²) in [4.78, 5) is 5.59. The van der Waals surface area contributed by atoms with Gasteiger partial charge < -0.3 is 21.5 Å². The molecule has 0 aliphatic carbocycles. The van der Waals surface area contributed by atoms with E-state index in [-0.39, 0.29) is 11.7 Å². The van der Waals surface area contributed by atoms with Crippen LogP contribution in [0, 0.1) is 0 Å². The summed E-state index contributed by atoms with van der Waals surface area (Å²) in [6.45, 7) is 1.06. The number of aliphatic imine (C=N–C) groups is 1. The Hall–Kier alpha value is -1.92. The topological polar surface area (TPSA) is 117 Å². The first kappa shape index (κ1) is 10.2. The van der Waals surface area contributed by atoms with E-state index in [1.54, 1.807) is 11.9 Å². The van der Waals surface area contributed by atoms with Gasteiger partial charge in [-0.2, -0.15) is 5.10 Å². The van der Waals surface area contributed by atoms with E-state index in [2.05, 4.69) is 15.2 Å². The Morgan fingerprint density at radius 1 is 1.71 bits per heavy atom. The Morgan fingerprint density at radius 2 is 2.43 bits per heavy atom. The maximum atomic E-state index is 9.31. The number of nitrogens with two attached hydrogens (primary N) is 2. The van der Waals surface area contributed by atoms with Crippen molar-refractivity contribution in [2.24, 2.45) is 16.5 Å². The molecule has 1 aromatic heterocycles. The predicted octanol–water partition coefficient (Wildman–Crippen LogP) is -1.18. The SMILES string of the molecule is CN(CCN=C(N)N)c1[nH]ncc1O. The van der Waals surface area contributed by atoms with Crippen LogP contribution in [0.1, 0.15) is 0 Å². The van der Waals surface area contributed by atoms with E-state index in [1.807, 2.05) is 0 Å². The third-order valence-corrected chi connectivity index (χ3v) is 1.71. The zero-order chi connectivity index (χ0) is 10.6. The Kier molecular flexibility index (Phi) is 3.16. The van der Waals surface area contributed by atoms with Gasteiger partial charge in [-0.1, -0.05) is 0 Å². The number of aromatic hydroxyl groups is 1. The highest BCUT2D eigenvalue weighted by Gasteiger charge is 2.07. The van der Waals surface area contributed by atoms with E-state index < -0.39 is 0 Å². The van der Waals surface area contributed by atoms with Crippen molar-refractivity contribution in [2.75, 3.05) is 25.0 Å². The van der Waals surface area contributed by atoms with Crippen LogP contribution in [0.25, 0.3) is 0 Å². The van der Waals surface area contributed by atoms with Crippen LogP contribution >= 0.6 is 0 Å². The summed E-state index contributed by atoms with van der Waals surface area (Å²) in [5.41, 5.74) is 10.3. The lowest BCUT2D eigenvalue weighted by Crippen LogP contribution is -2.26. The number of guanidine groups is 1. The highest BCUT2D eigenvalue weighted by molar-refractivity contribution is 5.75. The maximum absolute atomic E-state index is 9.31. The molecular weight excluding hydrogens is 184 g/mol. The summed E-state index contributed by atoms with van der Waals surface area (Å²) in [6, 6.07) is 0. The minimum atomic E-state index is 0.0623. The molecule has 6 N–H and O–H groups in total. The normalized spacial score (nSPS) is 9.79. The molecule has 0 aliphatic heterocycles. The molecule has 0 fully saturated rings. The molecule has 0 radical (unpaired) electrons. The molecule has 0 atom stereocenters. The van der Waals surface area contributed by atoms with Crippen molar-refractivity contribution in [3.63, 3.8) is 0 Å². The number of rotatable bonds is 4. The van der Waals surface area contributed by atoms with Crippen LogP contribution in [0.5, 0.6) is 5.75 Å². The van der Waals surface area contributed by atoms with E-state index >= 15 is 0 Å². The van der Waals surface area contributed by atoms with E-state index in [0.29, 0.717) is 18.9 Å². The van der Waals surface area contributed by atoms with Crippen LogP contribution in [0.2, 0.25) is 0 Å². The molecule has 1 rings (SSSR count). The summed E-state index contributed by atoms with van der Waals surface area (Å²) in [6.07, 6.45) is 1.34. The number of anilines is 1. The fraction of sp³-hybridized carbons (Fsp3) is 0.429. The molecule has 0 aromatic carbocycles. The Balaban J connectivity index is 2.47. The Labute approximate surface area is 81.4 Å². The fourth-order valence-corrected chi connectivity index (χ4v) is 0.995. The smallest absolute Gasteiger partial charge is 0.185 e. The summed E-state index contributed by atoms with van der Waals surface area (Å²) in [5.74, 6) is 0.722. The minimum Gasteiger partial charge on any atom is -0.503 e. The molecule has 0 unspecified atom stereocenters. The molecular formula is C7H14N6O. The second-order valence-corrected chi connectivity index (χ2v) is 2.83. The molecule has 14 heavy (non-hydrogen) atoms. The number of H-pyrrole nitrogens is 1. The molecule has 0 amide bonds. The standard InChI is InChI=1S/C7H14N6O/c1-13(3-2-10-7(8)9)6-5(14)4-11-12-6/h4,14H,2-3H2,1H3,(H,11,12)(H4,8,9,10). The molecule has 0 aliphatic rings. The van der Waals surface area contributed by atoms with Gasteiger partial charge in [-0.3, -0.25) is 10.1 Å². The van der Waals surface area contributed by atoms with Crippen LogP contribution in [0.3, 0.4) is 0 Å². The van der Waals surface area contributed by atoms with Crippen LogP contribution in [0.15, 0.2) is 11.2 Å². The highest BCUT2D eigenvalue weighted by Crippen LogP contribution is 2.21. The number of nitrogens with one attached hydrogen (secondary N) is 1. The molecule has 0 saturated carbocycles. The average Bonchev–Trinajstić information content (AvgIpc) is 2.50. The molecule has 1 aromatic rings. The third kappa shape index (κ3) is 2.54. The molecule has 78 valence electrons. The number of nitrogens with zero attached hydrogens (tertiary/aromatic N) is 3. The van der Waals surface area contributed by atoms with Gasteiger partial charge in [0, 0.05) is 13.6 Å². The maximum Gasteiger partial charge on any atom is 0.185 e. The van der Waals surface area contributed by atoms with Gasteiger partial charge in [0.15, 0.2) is 17.5 Å². The van der Waals surface area contributed by atoms with E-state index in [0.717, 1.165) is 0 Å². The molecule has 7 heteroatoms. The number of aromatic nitrogens is 2. The van der Waals surface area contributed by atoms with E-state index in [1.165, 1.54) is 6.20 Å². The van der Waals surface area contributed by atoms with Crippen molar-refractivity contribution >= 4 is 11.8 Å². The number of hydrogen-bond acceptors (Lipinski definition) is 4. The van der Waals surface area contributed by atoms with Crippen molar-refractivity contribution in [1.82, 2.24) is 10.2 Å². The first-order valence-electron chi connectivity index (χ1n) is 4.10. The number of likely N-dealkylation sites (N-methyl/N-ethyl adjacent to an activating group) is 1. The number of aromatic amines is 1. The first-order chi connectivity index (χ1) is 6.61. The summed E-state index contributed by atoms with van der Waals surface area (Å²) in [7, 11) is 1.80. The number of hydrogen-bond donors (Lipinski definition) is 4. The van der Waals surface area contributed by atoms with Crippen LogP contribution < -0.4 is 16.4 Å². The van der Waals surface area contributed by atoms with E-state index in [4.69, 9.17) is 11.5 Å². The lowest BCUT2D eigenvalue weighted by Gasteiger charge is -2.15. The second kappa shape index (κ2) is 4.35. The van der Waals surface area contributed by atoms with Gasteiger partial charge >= 0.3 is 0 Å². The molecule has 0 spiro atoms. The van der Waals surface area contributed by atoms with Gasteiger partial charge in [-0.15, -0.1) is 0 Å². The van der Waals surface area contributed by atoms with Crippen LogP contribution in [-0.4, -0.2) is 41.4 Å². The largest absolute Gasteiger partial charge is 0.503 e. The minimum absolute atomic E-state index is 0.0623. The predicted molar refractivity (Wildman–Crippen MR) is 54.2 cm³/mol. The quantitative estimate of drug-likeness (QED) is 0.359. The second-order valence-electron chi connectivity index (χ2n) is 2.83. The Bertz CT molecular complexity index is 316. The average molecular weight is 198 g/mol. The van der Waals surface area contributed by atoms with Gasteiger partial charge in [0.2, 0.25) is 0 Å². The van der Waals surface area contributed by atoms with Gasteiger partial charge in [0.25, 0.3) is 0 Å². The van der Waals surface area contributed by atoms with Crippen molar-refractivity contribution in [3.8, 4) is 5.75 Å². The van der Waals surface area contributed by atoms with Gasteiger partial charge in [0.1, 0.15) is 0 Å². The zero-order valence-electron chi connectivity index (χ0n) is 7.94. The summed E-state index contributed by atoms with van der Waals surface area (Å²) < 4.78 is 0. The monoisotopic (exact) mass is 198 g/mol. The van der Waals surface area contributed by atoms with Gasteiger partial charge in [-0.25, -0.2) is 0 Å². The Morgan fingerprint density at radius 3 is 2.93 bits per heavy atom. The molecule has 1 heterocycles. The zero-order valence-corrected chi connectivity index (χ0v) is 7.94.